The highest BCUT2D eigenvalue weighted by atomic mass is 32.1. The molecule has 0 unspecified atom stereocenters. The maximum Gasteiger partial charge on any atom is 0.223 e. The molecule has 0 aliphatic heterocycles. The molecule has 26 heavy (non-hydrogen) atoms. The first-order chi connectivity index (χ1) is 12.7. The fourth-order valence-electron chi connectivity index (χ4n) is 2.71. The van der Waals surface area contributed by atoms with Crippen LogP contribution in [0.5, 0.6) is 0 Å². The Hall–Kier alpha value is -3.18. The van der Waals surface area contributed by atoms with E-state index in [-0.39, 0.29) is 6.42 Å². The summed E-state index contributed by atoms with van der Waals surface area (Å²) >= 11 is 1.58. The van der Waals surface area contributed by atoms with Crippen LogP contribution in [-0.2, 0) is 4.79 Å². The summed E-state index contributed by atoms with van der Waals surface area (Å²) in [5.74, 6) is -0.858. The van der Waals surface area contributed by atoms with E-state index in [2.05, 4.69) is 4.98 Å². The first-order valence-corrected chi connectivity index (χ1v) is 8.92. The Morgan fingerprint density at radius 2 is 1.81 bits per heavy atom. The predicted molar refractivity (Wildman–Crippen MR) is 101 cm³/mol. The number of thiophene rings is 1. The summed E-state index contributed by atoms with van der Waals surface area (Å²) in [4.78, 5) is 17.6. The summed E-state index contributed by atoms with van der Waals surface area (Å²) in [5.41, 5.74) is 2.94. The number of carbonyl (C=O) groups excluding carboxylic acids is 1. The Morgan fingerprint density at radius 3 is 2.58 bits per heavy atom. The Labute approximate surface area is 154 Å². The number of carbonyl (C=O) groups is 1. The van der Waals surface area contributed by atoms with Gasteiger partial charge in [-0.1, -0.05) is 42.5 Å². The van der Waals surface area contributed by atoms with E-state index in [1.165, 1.54) is 0 Å². The van der Waals surface area contributed by atoms with Gasteiger partial charge in [-0.25, -0.2) is 4.98 Å². The maximum atomic E-state index is 11.2. The molecule has 2 aromatic carbocycles. The van der Waals surface area contributed by atoms with E-state index in [0.29, 0.717) is 22.6 Å². The van der Waals surface area contributed by atoms with Gasteiger partial charge in [-0.15, -0.1) is 11.3 Å². The van der Waals surface area contributed by atoms with Gasteiger partial charge in [-0.3, -0.25) is 0 Å². The molecule has 128 valence electrons. The smallest absolute Gasteiger partial charge is 0.223 e. The zero-order valence-electron chi connectivity index (χ0n) is 13.7. The van der Waals surface area contributed by atoms with Gasteiger partial charge in [0.1, 0.15) is 5.52 Å². The van der Waals surface area contributed by atoms with Crippen molar-refractivity contribution in [1.82, 2.24) is 4.98 Å². The highest BCUT2D eigenvalue weighted by molar-refractivity contribution is 7.16. The number of oxazole rings is 1. The lowest BCUT2D eigenvalue weighted by Crippen LogP contribution is -2.22. The fourth-order valence-corrected chi connectivity index (χ4v) is 3.69. The predicted octanol–water partition coefficient (Wildman–Crippen LogP) is 4.24. The number of aromatic nitrogens is 1. The largest absolute Gasteiger partial charge is 0.550 e. The van der Waals surface area contributed by atoms with Gasteiger partial charge in [0.25, 0.3) is 0 Å². The van der Waals surface area contributed by atoms with Gasteiger partial charge in [0.15, 0.2) is 5.58 Å². The molecule has 0 aliphatic rings. The zero-order valence-corrected chi connectivity index (χ0v) is 14.5. The van der Waals surface area contributed by atoms with Crippen molar-refractivity contribution in [3.05, 3.63) is 77.5 Å². The first-order valence-electron chi connectivity index (χ1n) is 8.11. The van der Waals surface area contributed by atoms with Crippen molar-refractivity contribution in [2.75, 3.05) is 0 Å². The molecule has 0 fully saturated rings. The van der Waals surface area contributed by atoms with Gasteiger partial charge in [-0.2, -0.15) is 0 Å². The van der Waals surface area contributed by atoms with Crippen molar-refractivity contribution in [2.45, 2.75) is 6.42 Å². The average Bonchev–Trinajstić information content (AvgIpc) is 3.28. The van der Waals surface area contributed by atoms with Crippen LogP contribution in [0.4, 0.5) is 0 Å². The van der Waals surface area contributed by atoms with E-state index < -0.39 is 5.97 Å². The monoisotopic (exact) mass is 360 g/mol. The van der Waals surface area contributed by atoms with Crippen molar-refractivity contribution in [3.63, 3.8) is 0 Å². The van der Waals surface area contributed by atoms with E-state index in [1.54, 1.807) is 23.5 Å². The van der Waals surface area contributed by atoms with Crippen LogP contribution in [0.15, 0.2) is 71.1 Å². The Kier molecular flexibility index (Phi) is 4.37. The lowest BCUT2D eigenvalue weighted by molar-refractivity contribution is -0.304. The molecule has 2 heterocycles. The van der Waals surface area contributed by atoms with Crippen LogP contribution in [0.2, 0.25) is 0 Å². The Bertz CT molecular complexity index is 1060. The standard InChI is InChI=1S/C21H15NO3S/c23-20(24)13-15(21-22-17-8-4-5-9-18(17)25-21)12-16-10-11-19(26-16)14-6-2-1-3-7-14/h1-12H,13H2,(H,23,24)/p-1. The number of carboxylic acids is 1. The maximum absolute atomic E-state index is 11.2. The van der Waals surface area contributed by atoms with E-state index in [9.17, 15) is 9.90 Å². The van der Waals surface area contributed by atoms with E-state index >= 15 is 0 Å². The van der Waals surface area contributed by atoms with Crippen LogP contribution in [0.25, 0.3) is 33.2 Å². The summed E-state index contributed by atoms with van der Waals surface area (Å²) in [7, 11) is 0. The minimum absolute atomic E-state index is 0.259. The minimum Gasteiger partial charge on any atom is -0.550 e. The van der Waals surface area contributed by atoms with Gasteiger partial charge < -0.3 is 14.3 Å². The number of hydrogen-bond acceptors (Lipinski definition) is 5. The average molecular weight is 360 g/mol. The molecule has 0 radical (unpaired) electrons. The molecule has 0 bridgehead atoms. The number of benzene rings is 2. The highest BCUT2D eigenvalue weighted by Gasteiger charge is 2.12. The van der Waals surface area contributed by atoms with Gasteiger partial charge in [-0.05, 0) is 35.9 Å². The Balaban J connectivity index is 1.72. The molecule has 0 spiro atoms. The molecule has 0 amide bonds. The molecule has 0 N–H and O–H groups in total. The molecule has 2 aromatic heterocycles. The second-order valence-corrected chi connectivity index (χ2v) is 6.89. The molecular formula is C21H14NO3S-. The second-order valence-electron chi connectivity index (χ2n) is 5.77. The SMILES string of the molecule is O=C([O-])CC(=Cc1ccc(-c2ccccc2)s1)c1nc2ccccc2o1. The van der Waals surface area contributed by atoms with Crippen molar-refractivity contribution in [2.24, 2.45) is 0 Å². The molecule has 5 heteroatoms. The number of fused-ring (bicyclic) bond motifs is 1. The number of hydrogen-bond donors (Lipinski definition) is 0. The van der Waals surface area contributed by atoms with Crippen molar-refractivity contribution in [3.8, 4) is 10.4 Å². The molecule has 0 saturated carbocycles. The van der Waals surface area contributed by atoms with Crippen LogP contribution in [0.3, 0.4) is 0 Å². The highest BCUT2D eigenvalue weighted by Crippen LogP contribution is 2.31. The molecule has 0 saturated heterocycles. The van der Waals surface area contributed by atoms with Gasteiger partial charge >= 0.3 is 0 Å². The van der Waals surface area contributed by atoms with E-state index in [1.807, 2.05) is 60.7 Å². The number of para-hydroxylation sites is 2. The third kappa shape index (κ3) is 3.43. The molecule has 4 aromatic rings. The van der Waals surface area contributed by atoms with E-state index in [4.69, 9.17) is 4.42 Å². The number of nitrogens with zero attached hydrogens (tertiary/aromatic N) is 1. The lowest BCUT2D eigenvalue weighted by Gasteiger charge is -2.04. The quantitative estimate of drug-likeness (QED) is 0.534. The van der Waals surface area contributed by atoms with Gasteiger partial charge in [0.05, 0.1) is 0 Å². The minimum atomic E-state index is -1.17. The number of aliphatic carboxylic acids is 1. The lowest BCUT2D eigenvalue weighted by atomic mass is 10.1. The zero-order chi connectivity index (χ0) is 17.9. The first kappa shape index (κ1) is 16.3. The summed E-state index contributed by atoms with van der Waals surface area (Å²) in [5, 5.41) is 11.2. The normalized spacial score (nSPS) is 11.8. The van der Waals surface area contributed by atoms with Crippen molar-refractivity contribution >= 4 is 40.1 Å². The molecule has 4 rings (SSSR count). The summed E-state index contributed by atoms with van der Waals surface area (Å²) in [6.07, 6.45) is 1.54. The molecule has 4 nitrogen and oxygen atoms in total. The Morgan fingerprint density at radius 1 is 1.04 bits per heavy atom. The number of rotatable bonds is 5. The van der Waals surface area contributed by atoms with Crippen LogP contribution in [0.1, 0.15) is 17.2 Å². The van der Waals surface area contributed by atoms with Crippen molar-refractivity contribution in [1.29, 1.82) is 0 Å². The topological polar surface area (TPSA) is 66.2 Å². The van der Waals surface area contributed by atoms with Gasteiger partial charge in [0, 0.05) is 27.7 Å². The summed E-state index contributed by atoms with van der Waals surface area (Å²) < 4.78 is 5.73. The van der Waals surface area contributed by atoms with Crippen LogP contribution in [0, 0.1) is 0 Å². The van der Waals surface area contributed by atoms with Crippen LogP contribution < -0.4 is 5.11 Å². The van der Waals surface area contributed by atoms with Gasteiger partial charge in [0.2, 0.25) is 5.89 Å². The van der Waals surface area contributed by atoms with E-state index in [0.717, 1.165) is 15.3 Å². The third-order valence-electron chi connectivity index (χ3n) is 3.90. The molecule has 0 aliphatic carbocycles. The fraction of sp³-hybridized carbons (Fsp3) is 0.0476. The summed E-state index contributed by atoms with van der Waals surface area (Å²) in [6, 6.07) is 21.4. The second kappa shape index (κ2) is 6.98. The van der Waals surface area contributed by atoms with Crippen LogP contribution in [-0.4, -0.2) is 11.0 Å². The number of carboxylic acid groups (broad SMARTS) is 1. The van der Waals surface area contributed by atoms with Crippen molar-refractivity contribution < 1.29 is 14.3 Å². The van der Waals surface area contributed by atoms with Crippen LogP contribution >= 0.6 is 11.3 Å². The molecular weight excluding hydrogens is 346 g/mol. The molecule has 0 atom stereocenters. The third-order valence-corrected chi connectivity index (χ3v) is 4.99. The summed E-state index contributed by atoms with van der Waals surface area (Å²) in [6.45, 7) is 0.